The summed E-state index contributed by atoms with van der Waals surface area (Å²) in [5.74, 6) is 1.03. The number of rotatable bonds is 0. The largest absolute Gasteiger partial charge is 0.493 e. The minimum atomic E-state index is 0.106. The molecular weight excluding hydrogens is 198 g/mol. The van der Waals surface area contributed by atoms with Crippen LogP contribution in [0.4, 0.5) is 0 Å². The van der Waals surface area contributed by atoms with Gasteiger partial charge in [0.15, 0.2) is 0 Å². The summed E-state index contributed by atoms with van der Waals surface area (Å²) in [6.45, 7) is 9.48. The third-order valence-electron chi connectivity index (χ3n) is 3.27. The standard InChI is InChI=1S/C14H21NO/c1-9-5-6-10(14(2,3)4)13-12(9)11(15)7-8-16-13/h5-6,11H,7-8,15H2,1-4H3/t11-/m1/s1. The molecule has 2 N–H and O–H groups in total. The first-order valence-corrected chi connectivity index (χ1v) is 5.93. The monoisotopic (exact) mass is 219 g/mol. The van der Waals surface area contributed by atoms with Crippen LogP contribution in [-0.4, -0.2) is 6.61 Å². The Morgan fingerprint density at radius 3 is 2.62 bits per heavy atom. The molecule has 1 aromatic rings. The van der Waals surface area contributed by atoms with Gasteiger partial charge in [-0.25, -0.2) is 0 Å². The predicted octanol–water partition coefficient (Wildman–Crippen LogP) is 3.07. The Bertz CT molecular complexity index is 404. The van der Waals surface area contributed by atoms with Crippen molar-refractivity contribution >= 4 is 0 Å². The van der Waals surface area contributed by atoms with E-state index in [2.05, 4.69) is 39.8 Å². The molecule has 1 atom stereocenters. The van der Waals surface area contributed by atoms with E-state index in [-0.39, 0.29) is 11.5 Å². The van der Waals surface area contributed by atoms with Crippen LogP contribution in [0, 0.1) is 6.92 Å². The second-order valence-corrected chi connectivity index (χ2v) is 5.67. The van der Waals surface area contributed by atoms with Crippen molar-refractivity contribution in [3.8, 4) is 5.75 Å². The maximum atomic E-state index is 6.18. The van der Waals surface area contributed by atoms with Crippen molar-refractivity contribution < 1.29 is 4.74 Å². The SMILES string of the molecule is Cc1ccc(C(C)(C)C)c2c1[C@H](N)CCO2. The molecule has 0 bridgehead atoms. The summed E-state index contributed by atoms with van der Waals surface area (Å²) in [6, 6.07) is 4.46. The Balaban J connectivity index is 2.63. The molecule has 16 heavy (non-hydrogen) atoms. The van der Waals surface area contributed by atoms with Gasteiger partial charge < -0.3 is 10.5 Å². The van der Waals surface area contributed by atoms with Crippen LogP contribution < -0.4 is 10.5 Å². The van der Waals surface area contributed by atoms with Gasteiger partial charge in [-0.1, -0.05) is 32.9 Å². The summed E-state index contributed by atoms with van der Waals surface area (Å²) in [4.78, 5) is 0. The van der Waals surface area contributed by atoms with Crippen LogP contribution in [0.25, 0.3) is 0 Å². The second kappa shape index (κ2) is 3.77. The molecule has 1 aliphatic heterocycles. The van der Waals surface area contributed by atoms with Crippen LogP contribution in [0.1, 0.15) is 49.9 Å². The van der Waals surface area contributed by atoms with Gasteiger partial charge in [0.1, 0.15) is 5.75 Å². The van der Waals surface area contributed by atoms with Gasteiger partial charge in [0.2, 0.25) is 0 Å². The summed E-state index contributed by atoms with van der Waals surface area (Å²) in [6.07, 6.45) is 0.918. The smallest absolute Gasteiger partial charge is 0.128 e. The third-order valence-corrected chi connectivity index (χ3v) is 3.27. The van der Waals surface area contributed by atoms with E-state index in [1.54, 1.807) is 0 Å². The molecule has 1 heterocycles. The summed E-state index contributed by atoms with van der Waals surface area (Å²) < 4.78 is 5.85. The van der Waals surface area contributed by atoms with Crippen molar-refractivity contribution in [2.45, 2.75) is 45.6 Å². The van der Waals surface area contributed by atoms with Gasteiger partial charge in [-0.15, -0.1) is 0 Å². The minimum absolute atomic E-state index is 0.106. The number of hydrogen-bond donors (Lipinski definition) is 1. The molecule has 2 heteroatoms. The van der Waals surface area contributed by atoms with E-state index in [0.29, 0.717) is 0 Å². The molecular formula is C14H21NO. The average molecular weight is 219 g/mol. The number of nitrogens with two attached hydrogens (primary N) is 1. The Labute approximate surface area is 97.8 Å². The summed E-state index contributed by atoms with van der Waals surface area (Å²) in [7, 11) is 0. The first kappa shape index (κ1) is 11.5. The Morgan fingerprint density at radius 1 is 1.31 bits per heavy atom. The lowest BCUT2D eigenvalue weighted by Gasteiger charge is -2.31. The number of fused-ring (bicyclic) bond motifs is 1. The van der Waals surface area contributed by atoms with Crippen molar-refractivity contribution in [1.29, 1.82) is 0 Å². The lowest BCUT2D eigenvalue weighted by molar-refractivity contribution is 0.261. The highest BCUT2D eigenvalue weighted by Crippen LogP contribution is 2.41. The number of ether oxygens (including phenoxy) is 1. The zero-order valence-corrected chi connectivity index (χ0v) is 10.6. The molecule has 0 radical (unpaired) electrons. The van der Waals surface area contributed by atoms with E-state index in [9.17, 15) is 0 Å². The molecule has 0 unspecified atom stereocenters. The van der Waals surface area contributed by atoms with Crippen LogP contribution in [-0.2, 0) is 5.41 Å². The Morgan fingerprint density at radius 2 is 2.00 bits per heavy atom. The fourth-order valence-electron chi connectivity index (χ4n) is 2.34. The van der Waals surface area contributed by atoms with Gasteiger partial charge in [0.25, 0.3) is 0 Å². The highest BCUT2D eigenvalue weighted by atomic mass is 16.5. The zero-order chi connectivity index (χ0) is 11.9. The lowest BCUT2D eigenvalue weighted by Crippen LogP contribution is -2.25. The van der Waals surface area contributed by atoms with Crippen LogP contribution >= 0.6 is 0 Å². The van der Waals surface area contributed by atoms with Crippen LogP contribution in [0.3, 0.4) is 0 Å². The van der Waals surface area contributed by atoms with Crippen molar-refractivity contribution in [3.05, 3.63) is 28.8 Å². The molecule has 0 spiro atoms. The van der Waals surface area contributed by atoms with E-state index < -0.39 is 0 Å². The van der Waals surface area contributed by atoms with Gasteiger partial charge >= 0.3 is 0 Å². The van der Waals surface area contributed by atoms with Gasteiger partial charge in [0.05, 0.1) is 6.61 Å². The van der Waals surface area contributed by atoms with E-state index in [1.807, 2.05) is 0 Å². The number of hydrogen-bond acceptors (Lipinski definition) is 2. The third kappa shape index (κ3) is 1.82. The van der Waals surface area contributed by atoms with Crippen LogP contribution in [0.15, 0.2) is 12.1 Å². The quantitative estimate of drug-likeness (QED) is 0.727. The first-order valence-electron chi connectivity index (χ1n) is 5.93. The van der Waals surface area contributed by atoms with Gasteiger partial charge in [0, 0.05) is 18.0 Å². The maximum absolute atomic E-state index is 6.18. The normalized spacial score (nSPS) is 20.2. The number of benzene rings is 1. The van der Waals surface area contributed by atoms with Crippen molar-refractivity contribution in [1.82, 2.24) is 0 Å². The Kier molecular flexibility index (Phi) is 2.70. The van der Waals surface area contributed by atoms with E-state index in [0.717, 1.165) is 18.8 Å². The van der Waals surface area contributed by atoms with Gasteiger partial charge in [-0.05, 0) is 23.5 Å². The fourth-order valence-corrected chi connectivity index (χ4v) is 2.34. The highest BCUT2D eigenvalue weighted by Gasteiger charge is 2.27. The fraction of sp³-hybridized carbons (Fsp3) is 0.571. The molecule has 0 aliphatic carbocycles. The molecule has 1 aromatic carbocycles. The molecule has 0 saturated heterocycles. The van der Waals surface area contributed by atoms with Crippen molar-refractivity contribution in [2.75, 3.05) is 6.61 Å². The van der Waals surface area contributed by atoms with Gasteiger partial charge in [-0.2, -0.15) is 0 Å². The molecule has 0 saturated carbocycles. The van der Waals surface area contributed by atoms with E-state index in [1.165, 1.54) is 16.7 Å². The molecule has 0 amide bonds. The van der Waals surface area contributed by atoms with Crippen molar-refractivity contribution in [3.63, 3.8) is 0 Å². The summed E-state index contributed by atoms with van der Waals surface area (Å²) >= 11 is 0. The molecule has 2 rings (SSSR count). The zero-order valence-electron chi connectivity index (χ0n) is 10.6. The van der Waals surface area contributed by atoms with E-state index >= 15 is 0 Å². The topological polar surface area (TPSA) is 35.2 Å². The highest BCUT2D eigenvalue weighted by molar-refractivity contribution is 5.51. The van der Waals surface area contributed by atoms with Crippen molar-refractivity contribution in [2.24, 2.45) is 5.73 Å². The maximum Gasteiger partial charge on any atom is 0.128 e. The lowest BCUT2D eigenvalue weighted by atomic mass is 9.82. The van der Waals surface area contributed by atoms with Crippen LogP contribution in [0.2, 0.25) is 0 Å². The second-order valence-electron chi connectivity index (χ2n) is 5.67. The summed E-state index contributed by atoms with van der Waals surface area (Å²) in [5, 5.41) is 0. The molecule has 1 aliphatic rings. The molecule has 2 nitrogen and oxygen atoms in total. The van der Waals surface area contributed by atoms with Crippen LogP contribution in [0.5, 0.6) is 5.75 Å². The summed E-state index contributed by atoms with van der Waals surface area (Å²) in [5.41, 5.74) is 10.0. The molecule has 0 fully saturated rings. The number of aryl methyl sites for hydroxylation is 1. The Hall–Kier alpha value is -1.02. The first-order chi connectivity index (χ1) is 7.41. The predicted molar refractivity (Wildman–Crippen MR) is 66.9 cm³/mol. The average Bonchev–Trinajstić information content (AvgIpc) is 2.16. The van der Waals surface area contributed by atoms with Gasteiger partial charge in [-0.3, -0.25) is 0 Å². The molecule has 88 valence electrons. The minimum Gasteiger partial charge on any atom is -0.493 e. The molecule has 0 aromatic heterocycles. The van der Waals surface area contributed by atoms with E-state index in [4.69, 9.17) is 10.5 Å².